The van der Waals surface area contributed by atoms with E-state index in [-0.39, 0.29) is 5.56 Å². The van der Waals surface area contributed by atoms with Gasteiger partial charge in [-0.3, -0.25) is 4.79 Å². The summed E-state index contributed by atoms with van der Waals surface area (Å²) in [5.74, 6) is -3.01. The van der Waals surface area contributed by atoms with E-state index < -0.39 is 23.6 Å². The molecule has 0 spiro atoms. The van der Waals surface area contributed by atoms with Crippen LogP contribution in [0.5, 0.6) is 0 Å². The van der Waals surface area contributed by atoms with Crippen molar-refractivity contribution in [3.05, 3.63) is 35.4 Å². The van der Waals surface area contributed by atoms with Crippen molar-refractivity contribution in [2.24, 2.45) is 5.73 Å². The Hall–Kier alpha value is -1.49. The fraction of sp³-hybridized carbons (Fsp3) is 0.125. The molecule has 0 saturated carbocycles. The molecule has 0 bridgehead atoms. The van der Waals surface area contributed by atoms with Gasteiger partial charge in [0.2, 0.25) is 0 Å². The molecular formula is C8H7F2NO2. The summed E-state index contributed by atoms with van der Waals surface area (Å²) < 4.78 is 25.1. The van der Waals surface area contributed by atoms with E-state index in [0.717, 1.165) is 12.1 Å². The zero-order valence-corrected chi connectivity index (χ0v) is 6.50. The van der Waals surface area contributed by atoms with Gasteiger partial charge in [0.1, 0.15) is 17.7 Å². The van der Waals surface area contributed by atoms with E-state index >= 15 is 0 Å². The Bertz CT molecular complexity index is 321. The second kappa shape index (κ2) is 3.49. The Balaban J connectivity index is 3.07. The van der Waals surface area contributed by atoms with Gasteiger partial charge in [0.05, 0.1) is 0 Å². The maximum absolute atomic E-state index is 12.6. The Morgan fingerprint density at radius 1 is 1.31 bits per heavy atom. The van der Waals surface area contributed by atoms with Gasteiger partial charge >= 0.3 is 5.97 Å². The highest BCUT2D eigenvalue weighted by Crippen LogP contribution is 2.14. The van der Waals surface area contributed by atoms with E-state index in [1.54, 1.807) is 0 Å². The first kappa shape index (κ1) is 9.60. The van der Waals surface area contributed by atoms with Gasteiger partial charge < -0.3 is 10.8 Å². The second-order valence-electron chi connectivity index (χ2n) is 2.52. The minimum absolute atomic E-state index is 0.0926. The first-order valence-corrected chi connectivity index (χ1v) is 3.45. The van der Waals surface area contributed by atoms with Gasteiger partial charge in [0.25, 0.3) is 0 Å². The minimum atomic E-state index is -1.40. The van der Waals surface area contributed by atoms with Crippen LogP contribution >= 0.6 is 0 Å². The van der Waals surface area contributed by atoms with Crippen molar-refractivity contribution in [2.75, 3.05) is 0 Å². The average Bonchev–Trinajstić information content (AvgIpc) is 2.01. The topological polar surface area (TPSA) is 63.3 Å². The maximum Gasteiger partial charge on any atom is 0.325 e. The van der Waals surface area contributed by atoms with Crippen molar-refractivity contribution in [3.63, 3.8) is 0 Å². The highest BCUT2D eigenvalue weighted by atomic mass is 19.1. The molecular weight excluding hydrogens is 180 g/mol. The molecule has 0 aliphatic carbocycles. The average molecular weight is 187 g/mol. The number of hydrogen-bond acceptors (Lipinski definition) is 2. The molecule has 0 radical (unpaired) electrons. The molecule has 0 aromatic heterocycles. The third-order valence-electron chi connectivity index (χ3n) is 1.51. The lowest BCUT2D eigenvalue weighted by molar-refractivity contribution is -0.138. The molecule has 0 heterocycles. The van der Waals surface area contributed by atoms with Crippen LogP contribution in [-0.2, 0) is 4.79 Å². The van der Waals surface area contributed by atoms with Gasteiger partial charge in [-0.25, -0.2) is 8.78 Å². The lowest BCUT2D eigenvalue weighted by Gasteiger charge is -2.06. The van der Waals surface area contributed by atoms with E-state index in [1.807, 2.05) is 0 Å². The van der Waals surface area contributed by atoms with E-state index in [2.05, 4.69) is 0 Å². The van der Waals surface area contributed by atoms with Crippen LogP contribution in [0.3, 0.4) is 0 Å². The SMILES string of the molecule is N[C@@H](C(=O)O)c1cc(F)cc(F)c1. The molecule has 13 heavy (non-hydrogen) atoms. The Labute approximate surface area is 72.8 Å². The fourth-order valence-electron chi connectivity index (χ4n) is 0.897. The summed E-state index contributed by atoms with van der Waals surface area (Å²) >= 11 is 0. The van der Waals surface area contributed by atoms with Crippen LogP contribution in [0, 0.1) is 11.6 Å². The van der Waals surface area contributed by atoms with Crippen molar-refractivity contribution >= 4 is 5.97 Å². The van der Waals surface area contributed by atoms with Crippen molar-refractivity contribution in [1.82, 2.24) is 0 Å². The minimum Gasteiger partial charge on any atom is -0.480 e. The largest absolute Gasteiger partial charge is 0.480 e. The number of nitrogens with two attached hydrogens (primary N) is 1. The monoisotopic (exact) mass is 187 g/mol. The molecule has 1 aromatic rings. The first-order valence-electron chi connectivity index (χ1n) is 3.45. The van der Waals surface area contributed by atoms with E-state index in [4.69, 9.17) is 10.8 Å². The number of carboxylic acid groups (broad SMARTS) is 1. The summed E-state index contributed by atoms with van der Waals surface area (Å²) in [5.41, 5.74) is 5.05. The summed E-state index contributed by atoms with van der Waals surface area (Å²) in [6.07, 6.45) is 0. The fourth-order valence-corrected chi connectivity index (χ4v) is 0.897. The van der Waals surface area contributed by atoms with E-state index in [9.17, 15) is 13.6 Å². The van der Waals surface area contributed by atoms with Crippen molar-refractivity contribution in [2.45, 2.75) is 6.04 Å². The van der Waals surface area contributed by atoms with Crippen LogP contribution in [0.2, 0.25) is 0 Å². The van der Waals surface area contributed by atoms with E-state index in [0.29, 0.717) is 6.07 Å². The summed E-state index contributed by atoms with van der Waals surface area (Å²) in [7, 11) is 0. The Kier molecular flexibility index (Phi) is 2.57. The van der Waals surface area contributed by atoms with E-state index in [1.165, 1.54) is 0 Å². The van der Waals surface area contributed by atoms with Gasteiger partial charge in [0.15, 0.2) is 0 Å². The van der Waals surface area contributed by atoms with Crippen molar-refractivity contribution < 1.29 is 18.7 Å². The first-order chi connectivity index (χ1) is 6.00. The number of carbonyl (C=O) groups is 1. The standard InChI is InChI=1S/C8H7F2NO2/c9-5-1-4(2-6(10)3-5)7(11)8(12)13/h1-3,7H,11H2,(H,12,13)/t7-/m1/s1. The zero-order valence-electron chi connectivity index (χ0n) is 6.50. The molecule has 3 N–H and O–H groups in total. The maximum atomic E-state index is 12.6. The van der Waals surface area contributed by atoms with Crippen LogP contribution in [0.25, 0.3) is 0 Å². The van der Waals surface area contributed by atoms with Gasteiger partial charge in [-0.1, -0.05) is 0 Å². The van der Waals surface area contributed by atoms with Crippen LogP contribution in [0.15, 0.2) is 18.2 Å². The number of hydrogen-bond donors (Lipinski definition) is 2. The van der Waals surface area contributed by atoms with Crippen LogP contribution in [0.4, 0.5) is 8.78 Å². The molecule has 5 heteroatoms. The third kappa shape index (κ3) is 2.22. The molecule has 0 aliphatic heterocycles. The quantitative estimate of drug-likeness (QED) is 0.727. The van der Waals surface area contributed by atoms with Gasteiger partial charge in [-0.2, -0.15) is 0 Å². The van der Waals surface area contributed by atoms with Crippen LogP contribution in [0.1, 0.15) is 11.6 Å². The molecule has 0 fully saturated rings. The predicted molar refractivity (Wildman–Crippen MR) is 40.9 cm³/mol. The number of aliphatic carboxylic acids is 1. The second-order valence-corrected chi connectivity index (χ2v) is 2.52. The van der Waals surface area contributed by atoms with Crippen molar-refractivity contribution in [1.29, 1.82) is 0 Å². The Morgan fingerprint density at radius 2 is 1.77 bits per heavy atom. The lowest BCUT2D eigenvalue weighted by Crippen LogP contribution is -2.20. The molecule has 0 unspecified atom stereocenters. The van der Waals surface area contributed by atoms with Gasteiger partial charge in [-0.15, -0.1) is 0 Å². The molecule has 1 aromatic carbocycles. The summed E-state index contributed by atoms with van der Waals surface area (Å²) in [5, 5.41) is 8.45. The highest BCUT2D eigenvalue weighted by molar-refractivity contribution is 5.75. The van der Waals surface area contributed by atoms with Crippen LogP contribution < -0.4 is 5.73 Å². The van der Waals surface area contributed by atoms with Crippen LogP contribution in [-0.4, -0.2) is 11.1 Å². The summed E-state index contributed by atoms with van der Waals surface area (Å²) in [4.78, 5) is 10.4. The predicted octanol–water partition coefficient (Wildman–Crippen LogP) is 1.05. The molecule has 1 atom stereocenters. The molecule has 70 valence electrons. The number of halogens is 2. The number of benzene rings is 1. The normalized spacial score (nSPS) is 12.5. The zero-order chi connectivity index (χ0) is 10.0. The van der Waals surface area contributed by atoms with Gasteiger partial charge in [0, 0.05) is 6.07 Å². The molecule has 0 saturated heterocycles. The highest BCUT2D eigenvalue weighted by Gasteiger charge is 2.15. The summed E-state index contributed by atoms with van der Waals surface area (Å²) in [6, 6.07) is 1.03. The van der Waals surface area contributed by atoms with Crippen molar-refractivity contribution in [3.8, 4) is 0 Å². The smallest absolute Gasteiger partial charge is 0.325 e. The van der Waals surface area contributed by atoms with Gasteiger partial charge in [-0.05, 0) is 17.7 Å². The number of carboxylic acids is 1. The third-order valence-corrected chi connectivity index (χ3v) is 1.51. The number of rotatable bonds is 2. The molecule has 3 nitrogen and oxygen atoms in total. The molecule has 0 aliphatic rings. The molecule has 1 rings (SSSR count). The molecule has 0 amide bonds. The Morgan fingerprint density at radius 3 is 2.15 bits per heavy atom. The lowest BCUT2D eigenvalue weighted by atomic mass is 10.1. The summed E-state index contributed by atoms with van der Waals surface area (Å²) in [6.45, 7) is 0.